The molecule has 1 N–H and O–H groups in total. The molecule has 5 nitrogen and oxygen atoms in total. The number of halogens is 3. The predicted octanol–water partition coefficient (Wildman–Crippen LogP) is 6.89. The van der Waals surface area contributed by atoms with E-state index in [4.69, 9.17) is 13.6 Å². The molecule has 3 unspecified atom stereocenters. The second-order valence-electron chi connectivity index (χ2n) is 11.7. The Hall–Kier alpha value is -1.11. The quantitative estimate of drug-likeness (QED) is 0.270. The fourth-order valence-corrected chi connectivity index (χ4v) is 5.42. The largest absolute Gasteiger partial charge is 0.489 e. The van der Waals surface area contributed by atoms with Crippen molar-refractivity contribution in [1.82, 2.24) is 0 Å². The number of carboxylic acids is 1. The number of ether oxygens (including phenoxy) is 1. The van der Waals surface area contributed by atoms with Crippen molar-refractivity contribution < 1.29 is 36.7 Å². The van der Waals surface area contributed by atoms with E-state index < -0.39 is 57.7 Å². The molecule has 0 aromatic heterocycles. The summed E-state index contributed by atoms with van der Waals surface area (Å²) in [5.41, 5.74) is -2.93. The highest BCUT2D eigenvalue weighted by Gasteiger charge is 2.58. The summed E-state index contributed by atoms with van der Waals surface area (Å²) >= 11 is 0. The zero-order chi connectivity index (χ0) is 26.2. The first-order valence-corrected chi connectivity index (χ1v) is 17.1. The first kappa shape index (κ1) is 29.9. The Morgan fingerprint density at radius 3 is 1.97 bits per heavy atom. The van der Waals surface area contributed by atoms with Gasteiger partial charge in [0.05, 0.1) is 12.7 Å². The minimum absolute atomic E-state index is 0.0316. The zero-order valence-electron chi connectivity index (χ0n) is 21.9. The summed E-state index contributed by atoms with van der Waals surface area (Å²) in [7, 11) is -4.73. The summed E-state index contributed by atoms with van der Waals surface area (Å²) in [5.74, 6) is -7.64. The molecule has 1 rings (SSSR count). The fraction of sp³-hybridized carbons (Fsp3) is 0.783. The fourth-order valence-electron chi connectivity index (χ4n) is 2.98. The predicted molar refractivity (Wildman–Crippen MR) is 129 cm³/mol. The van der Waals surface area contributed by atoms with Gasteiger partial charge >= 0.3 is 5.97 Å². The van der Waals surface area contributed by atoms with Gasteiger partial charge in [0, 0.05) is 0 Å². The van der Waals surface area contributed by atoms with Crippen LogP contribution in [0.5, 0.6) is 0 Å². The lowest BCUT2D eigenvalue weighted by atomic mass is 9.79. The lowest BCUT2D eigenvalue weighted by molar-refractivity contribution is -0.149. The molecule has 3 atom stereocenters. The molecule has 0 fully saturated rings. The van der Waals surface area contributed by atoms with Gasteiger partial charge in [0.1, 0.15) is 12.5 Å². The van der Waals surface area contributed by atoms with E-state index in [2.05, 4.69) is 0 Å². The topological polar surface area (TPSA) is 65.0 Å². The average molecular weight is 511 g/mol. The van der Waals surface area contributed by atoms with E-state index in [0.717, 1.165) is 0 Å². The molecule has 0 saturated heterocycles. The zero-order valence-corrected chi connectivity index (χ0v) is 23.9. The van der Waals surface area contributed by atoms with E-state index in [-0.39, 0.29) is 23.3 Å². The van der Waals surface area contributed by atoms with E-state index in [1.54, 1.807) is 0 Å². The number of alkyl halides is 1. The van der Waals surface area contributed by atoms with Crippen LogP contribution in [-0.2, 0) is 18.4 Å². The van der Waals surface area contributed by atoms with Gasteiger partial charge in [0.25, 0.3) is 0 Å². The van der Waals surface area contributed by atoms with Crippen LogP contribution in [0.25, 0.3) is 0 Å². The molecule has 10 heteroatoms. The molecule has 1 aliphatic rings. The molecule has 192 valence electrons. The van der Waals surface area contributed by atoms with Crippen LogP contribution in [0.2, 0.25) is 36.3 Å². The summed E-state index contributed by atoms with van der Waals surface area (Å²) < 4.78 is 63.2. The third-order valence-corrected chi connectivity index (χ3v) is 16.4. The van der Waals surface area contributed by atoms with E-state index in [1.165, 1.54) is 6.92 Å². The number of hydrogen-bond acceptors (Lipinski definition) is 4. The molecular weight excluding hydrogens is 469 g/mol. The van der Waals surface area contributed by atoms with Crippen molar-refractivity contribution in [1.29, 1.82) is 0 Å². The summed E-state index contributed by atoms with van der Waals surface area (Å²) in [6, 6.07) is 0. The normalized spacial score (nSPS) is 23.9. The van der Waals surface area contributed by atoms with Crippen LogP contribution in [0.1, 0.15) is 48.5 Å². The molecule has 0 saturated carbocycles. The maximum Gasteiger partial charge on any atom is 0.314 e. The maximum atomic E-state index is 16.6. The Morgan fingerprint density at radius 2 is 1.55 bits per heavy atom. The van der Waals surface area contributed by atoms with Gasteiger partial charge in [-0.1, -0.05) is 41.5 Å². The molecule has 0 aromatic rings. The minimum Gasteiger partial charge on any atom is -0.489 e. The number of aliphatic carboxylic acids is 1. The summed E-state index contributed by atoms with van der Waals surface area (Å²) in [5, 5.41) is 9.26. The molecule has 0 spiro atoms. The average Bonchev–Trinajstić information content (AvgIpc) is 2.61. The highest BCUT2D eigenvalue weighted by atomic mass is 28.4. The molecule has 0 aromatic carbocycles. The highest BCUT2D eigenvalue weighted by Crippen LogP contribution is 2.48. The second kappa shape index (κ2) is 9.87. The molecule has 0 aliphatic heterocycles. The van der Waals surface area contributed by atoms with Gasteiger partial charge in [-0.05, 0) is 49.3 Å². The number of carboxylic acid groups (broad SMARTS) is 1. The Kier molecular flexibility index (Phi) is 8.95. The van der Waals surface area contributed by atoms with Gasteiger partial charge in [-0.15, -0.1) is 0 Å². The van der Waals surface area contributed by atoms with Gasteiger partial charge in [0.15, 0.2) is 34.0 Å². The van der Waals surface area contributed by atoms with Gasteiger partial charge < -0.3 is 18.7 Å². The van der Waals surface area contributed by atoms with Crippen LogP contribution < -0.4 is 0 Å². The minimum atomic E-state index is -2.93. The summed E-state index contributed by atoms with van der Waals surface area (Å²) in [6.07, 6.45) is -0.951. The van der Waals surface area contributed by atoms with Crippen molar-refractivity contribution in [2.75, 3.05) is 13.2 Å². The van der Waals surface area contributed by atoms with Crippen molar-refractivity contribution in [2.45, 2.75) is 96.5 Å². The molecular formula is C23H41F3O5Si2. The van der Waals surface area contributed by atoms with Crippen LogP contribution in [0.3, 0.4) is 0 Å². The van der Waals surface area contributed by atoms with Gasteiger partial charge in [-0.3, -0.25) is 4.79 Å². The van der Waals surface area contributed by atoms with E-state index in [0.29, 0.717) is 6.08 Å². The molecule has 0 amide bonds. The van der Waals surface area contributed by atoms with Crippen molar-refractivity contribution >= 4 is 22.6 Å². The van der Waals surface area contributed by atoms with Crippen LogP contribution in [-0.4, -0.2) is 52.7 Å². The number of allylic oxidation sites excluding steroid dienone is 2. The molecule has 1 aliphatic carbocycles. The third-order valence-electron chi connectivity index (χ3n) is 7.26. The first-order valence-electron chi connectivity index (χ1n) is 11.2. The summed E-state index contributed by atoms with van der Waals surface area (Å²) in [6.45, 7) is 20.9. The Labute approximate surface area is 198 Å². The van der Waals surface area contributed by atoms with Crippen LogP contribution >= 0.6 is 0 Å². The third kappa shape index (κ3) is 6.32. The van der Waals surface area contributed by atoms with Gasteiger partial charge in [0.2, 0.25) is 5.67 Å². The Morgan fingerprint density at radius 1 is 1.06 bits per heavy atom. The highest BCUT2D eigenvalue weighted by molar-refractivity contribution is 6.74. The Bertz CT molecular complexity index is 797. The molecule has 0 bridgehead atoms. The lowest BCUT2D eigenvalue weighted by Crippen LogP contribution is -2.56. The summed E-state index contributed by atoms with van der Waals surface area (Å²) in [4.78, 5) is 11.9. The molecule has 0 heterocycles. The van der Waals surface area contributed by atoms with Crippen molar-refractivity contribution in [3.8, 4) is 0 Å². The van der Waals surface area contributed by atoms with Crippen molar-refractivity contribution in [2.24, 2.45) is 5.92 Å². The Balaban J connectivity index is 3.28. The maximum absolute atomic E-state index is 16.6. The van der Waals surface area contributed by atoms with E-state index in [9.17, 15) is 18.7 Å². The number of carbonyl (C=O) groups is 1. The monoisotopic (exact) mass is 510 g/mol. The molecule has 0 radical (unpaired) electrons. The number of hydrogen-bond donors (Lipinski definition) is 1. The second-order valence-corrected chi connectivity index (χ2v) is 21.3. The number of rotatable bonds is 9. The molecule has 33 heavy (non-hydrogen) atoms. The van der Waals surface area contributed by atoms with Gasteiger partial charge in [-0.25, -0.2) is 8.78 Å². The smallest absolute Gasteiger partial charge is 0.314 e. The SMILES string of the molecule is CC(O[Si](C)(C)C(C)(C)C)C1(F)C(OCCO[Si](C)(C)C(C)(C)C)=C(F)C(F)=CC1C(=O)O. The van der Waals surface area contributed by atoms with Gasteiger partial charge in [-0.2, -0.15) is 4.39 Å². The van der Waals surface area contributed by atoms with E-state index in [1.807, 2.05) is 67.7 Å². The standard InChI is InChI=1S/C23H41F3O5Si2/c1-15(31-33(10,11)22(5,6)7)23(26)16(20(27)28)14-17(24)18(25)19(23)29-12-13-30-32(8,9)21(2,3)4/h14-16H,12-13H2,1-11H3,(H,27,28). The first-order chi connectivity index (χ1) is 14.6. The van der Waals surface area contributed by atoms with Crippen LogP contribution in [0, 0.1) is 5.92 Å². The lowest BCUT2D eigenvalue weighted by Gasteiger charge is -2.44. The van der Waals surface area contributed by atoms with Crippen molar-refractivity contribution in [3.05, 3.63) is 23.5 Å². The van der Waals surface area contributed by atoms with Crippen LogP contribution in [0.4, 0.5) is 13.2 Å². The van der Waals surface area contributed by atoms with E-state index >= 15 is 4.39 Å². The van der Waals surface area contributed by atoms with Crippen LogP contribution in [0.15, 0.2) is 23.5 Å². The van der Waals surface area contributed by atoms with Crippen molar-refractivity contribution in [3.63, 3.8) is 0 Å².